The van der Waals surface area contributed by atoms with Crippen molar-refractivity contribution in [1.29, 1.82) is 0 Å². The molecular formula is C19H24O6. The third-order valence-electron chi connectivity index (χ3n) is 6.46. The van der Waals surface area contributed by atoms with Crippen molar-refractivity contribution in [3.8, 4) is 0 Å². The Morgan fingerprint density at radius 3 is 2.60 bits per heavy atom. The molecule has 4 aliphatic rings. The Morgan fingerprint density at radius 2 is 1.96 bits per heavy atom. The molecule has 0 saturated carbocycles. The monoisotopic (exact) mass is 348 g/mol. The normalized spacial score (nSPS) is 50.3. The van der Waals surface area contributed by atoms with Crippen LogP contribution in [0.2, 0.25) is 0 Å². The van der Waals surface area contributed by atoms with Gasteiger partial charge < -0.3 is 19.3 Å². The number of carbonyl (C=O) groups is 2. The van der Waals surface area contributed by atoms with Crippen LogP contribution in [0.3, 0.4) is 0 Å². The van der Waals surface area contributed by atoms with Crippen LogP contribution in [0.4, 0.5) is 0 Å². The van der Waals surface area contributed by atoms with Crippen LogP contribution in [0.5, 0.6) is 0 Å². The lowest BCUT2D eigenvalue weighted by Crippen LogP contribution is -2.52. The molecule has 6 heteroatoms. The smallest absolute Gasteiger partial charge is 0.318 e. The molecule has 2 fully saturated rings. The number of ketones is 1. The number of fused-ring (bicyclic) bond motifs is 2. The molecule has 4 heterocycles. The van der Waals surface area contributed by atoms with Gasteiger partial charge >= 0.3 is 5.97 Å². The Kier molecular flexibility index (Phi) is 3.18. The van der Waals surface area contributed by atoms with Gasteiger partial charge in [-0.2, -0.15) is 0 Å². The van der Waals surface area contributed by atoms with Gasteiger partial charge in [-0.05, 0) is 32.4 Å². The molecule has 0 aromatic carbocycles. The minimum absolute atomic E-state index is 0.121. The maximum absolute atomic E-state index is 12.8. The summed E-state index contributed by atoms with van der Waals surface area (Å²) < 4.78 is 17.7. The summed E-state index contributed by atoms with van der Waals surface area (Å²) in [6, 6.07) is 0. The summed E-state index contributed by atoms with van der Waals surface area (Å²) in [6.45, 7) is 8.91. The Balaban J connectivity index is 1.89. The highest BCUT2D eigenvalue weighted by molar-refractivity contribution is 6.00. The number of aliphatic hydroxyl groups is 1. The van der Waals surface area contributed by atoms with Crippen LogP contribution in [0, 0.1) is 17.3 Å². The van der Waals surface area contributed by atoms with E-state index in [1.807, 2.05) is 26.8 Å². The lowest BCUT2D eigenvalue weighted by molar-refractivity contribution is -0.264. The van der Waals surface area contributed by atoms with Gasteiger partial charge in [0.2, 0.25) is 5.78 Å². The summed E-state index contributed by atoms with van der Waals surface area (Å²) >= 11 is 0. The number of esters is 1. The standard InChI is InChI=1S/C19H24O6/c1-9(2)19(22)18(5)15-12(23-16(18)21)6-10(3)11-7-14(20)17(4,24-11)8-13(15)25-19/h6-7,9,12-13,15,22H,8H2,1-5H3/b10-6-/t12-,13+,15-,17-,18-,19-/m1/s1. The van der Waals surface area contributed by atoms with E-state index in [2.05, 4.69) is 0 Å². The van der Waals surface area contributed by atoms with Crippen LogP contribution in [-0.2, 0) is 23.8 Å². The summed E-state index contributed by atoms with van der Waals surface area (Å²) in [5.74, 6) is -2.41. The third-order valence-corrected chi connectivity index (χ3v) is 6.46. The van der Waals surface area contributed by atoms with Crippen LogP contribution in [0.25, 0.3) is 0 Å². The molecule has 4 rings (SSSR count). The number of carbonyl (C=O) groups excluding carboxylic acids is 2. The molecule has 6 atom stereocenters. The lowest BCUT2D eigenvalue weighted by Gasteiger charge is -2.37. The van der Waals surface area contributed by atoms with Gasteiger partial charge in [0, 0.05) is 24.3 Å². The lowest BCUT2D eigenvalue weighted by atomic mass is 9.66. The first kappa shape index (κ1) is 16.8. The fourth-order valence-corrected chi connectivity index (χ4v) is 4.86. The fraction of sp³-hybridized carbons (Fsp3) is 0.684. The second-order valence-electron chi connectivity index (χ2n) is 8.37. The number of hydrogen-bond donors (Lipinski definition) is 1. The topological polar surface area (TPSA) is 82.1 Å². The molecule has 0 spiro atoms. The molecule has 0 amide bonds. The highest BCUT2D eigenvalue weighted by atomic mass is 16.7. The van der Waals surface area contributed by atoms with E-state index in [1.165, 1.54) is 6.08 Å². The highest BCUT2D eigenvalue weighted by Gasteiger charge is 2.74. The molecule has 2 bridgehead atoms. The van der Waals surface area contributed by atoms with Gasteiger partial charge in [-0.1, -0.05) is 13.8 Å². The zero-order chi connectivity index (χ0) is 18.4. The Labute approximate surface area is 146 Å². The number of ether oxygens (including phenoxy) is 3. The van der Waals surface area contributed by atoms with E-state index in [1.54, 1.807) is 13.8 Å². The van der Waals surface area contributed by atoms with Crippen LogP contribution in [0.15, 0.2) is 23.5 Å². The van der Waals surface area contributed by atoms with E-state index in [-0.39, 0.29) is 24.0 Å². The van der Waals surface area contributed by atoms with Gasteiger partial charge in [-0.3, -0.25) is 9.59 Å². The van der Waals surface area contributed by atoms with Crippen molar-refractivity contribution in [2.45, 2.75) is 64.6 Å². The molecule has 6 nitrogen and oxygen atoms in total. The average Bonchev–Trinajstić information content (AvgIpc) is 3.03. The predicted molar refractivity (Wildman–Crippen MR) is 87.1 cm³/mol. The Hall–Kier alpha value is -1.66. The molecule has 136 valence electrons. The first-order valence-electron chi connectivity index (χ1n) is 8.78. The Morgan fingerprint density at radius 1 is 1.28 bits per heavy atom. The first-order chi connectivity index (χ1) is 11.5. The second kappa shape index (κ2) is 4.74. The van der Waals surface area contributed by atoms with Crippen molar-refractivity contribution in [2.75, 3.05) is 0 Å². The van der Waals surface area contributed by atoms with Crippen molar-refractivity contribution >= 4 is 11.8 Å². The molecule has 0 aromatic heterocycles. The van der Waals surface area contributed by atoms with E-state index in [9.17, 15) is 14.7 Å². The predicted octanol–water partition coefficient (Wildman–Crippen LogP) is 1.87. The molecule has 25 heavy (non-hydrogen) atoms. The van der Waals surface area contributed by atoms with Crippen molar-refractivity contribution in [2.24, 2.45) is 17.3 Å². The van der Waals surface area contributed by atoms with E-state index in [0.29, 0.717) is 5.76 Å². The average molecular weight is 348 g/mol. The van der Waals surface area contributed by atoms with Gasteiger partial charge in [0.1, 0.15) is 17.3 Å². The molecule has 0 radical (unpaired) electrons. The maximum Gasteiger partial charge on any atom is 0.318 e. The zero-order valence-corrected chi connectivity index (χ0v) is 15.2. The molecule has 1 N–H and O–H groups in total. The highest BCUT2D eigenvalue weighted by Crippen LogP contribution is 2.60. The quantitative estimate of drug-likeness (QED) is 0.729. The van der Waals surface area contributed by atoms with E-state index in [0.717, 1.165) is 5.57 Å². The SMILES string of the molecule is C/C1=C/[C@H]2OC(=O)[C@@]3(C)[C@H]2[C@H](C[C@@]2(C)OC1=CC2=O)O[C@]3(O)C(C)C. The van der Waals surface area contributed by atoms with E-state index >= 15 is 0 Å². The van der Waals surface area contributed by atoms with Crippen molar-refractivity contribution < 1.29 is 28.9 Å². The summed E-state index contributed by atoms with van der Waals surface area (Å²) in [6.07, 6.45) is 2.52. The van der Waals surface area contributed by atoms with E-state index in [4.69, 9.17) is 14.2 Å². The summed E-state index contributed by atoms with van der Waals surface area (Å²) in [4.78, 5) is 25.3. The van der Waals surface area contributed by atoms with Crippen molar-refractivity contribution in [3.05, 3.63) is 23.5 Å². The maximum atomic E-state index is 12.8. The molecule has 2 saturated heterocycles. The molecule has 4 aliphatic heterocycles. The van der Waals surface area contributed by atoms with Crippen molar-refractivity contribution in [1.82, 2.24) is 0 Å². The first-order valence-corrected chi connectivity index (χ1v) is 8.78. The fourth-order valence-electron chi connectivity index (χ4n) is 4.86. The summed E-state index contributed by atoms with van der Waals surface area (Å²) in [5, 5.41) is 11.3. The van der Waals surface area contributed by atoms with Crippen LogP contribution >= 0.6 is 0 Å². The number of rotatable bonds is 1. The van der Waals surface area contributed by atoms with Gasteiger partial charge in [0.25, 0.3) is 0 Å². The molecular weight excluding hydrogens is 324 g/mol. The minimum atomic E-state index is -1.65. The molecule has 0 aliphatic carbocycles. The summed E-state index contributed by atoms with van der Waals surface area (Å²) in [7, 11) is 0. The van der Waals surface area contributed by atoms with Gasteiger partial charge in [0.15, 0.2) is 11.4 Å². The largest absolute Gasteiger partial charge is 0.479 e. The van der Waals surface area contributed by atoms with Crippen molar-refractivity contribution in [3.63, 3.8) is 0 Å². The van der Waals surface area contributed by atoms with Gasteiger partial charge in [0.05, 0.1) is 6.10 Å². The third kappa shape index (κ3) is 1.87. The Bertz CT molecular complexity index is 736. The number of allylic oxidation sites excluding steroid dienone is 1. The summed E-state index contributed by atoms with van der Waals surface area (Å²) in [5.41, 5.74) is -1.50. The van der Waals surface area contributed by atoms with Crippen LogP contribution < -0.4 is 0 Å². The van der Waals surface area contributed by atoms with Gasteiger partial charge in [-0.25, -0.2) is 0 Å². The number of hydrogen-bond acceptors (Lipinski definition) is 6. The van der Waals surface area contributed by atoms with Crippen LogP contribution in [-0.4, -0.2) is 40.5 Å². The molecule has 0 aromatic rings. The van der Waals surface area contributed by atoms with E-state index < -0.39 is 35.0 Å². The van der Waals surface area contributed by atoms with Crippen LogP contribution in [0.1, 0.15) is 41.0 Å². The zero-order valence-electron chi connectivity index (χ0n) is 15.2. The van der Waals surface area contributed by atoms with Gasteiger partial charge in [-0.15, -0.1) is 0 Å². The minimum Gasteiger partial charge on any atom is -0.479 e. The second-order valence-corrected chi connectivity index (χ2v) is 8.37. The molecule has 0 unspecified atom stereocenters.